The number of nitrogens with zero attached hydrogens (tertiary/aromatic N) is 4. The Morgan fingerprint density at radius 3 is 2.46 bits per heavy atom. The molecule has 0 fully saturated rings. The summed E-state index contributed by atoms with van der Waals surface area (Å²) < 4.78 is 12.6. The molecule has 1 aliphatic rings. The largest absolute Gasteiger partial charge is 0.494 e. The van der Waals surface area contributed by atoms with Crippen molar-refractivity contribution in [2.75, 3.05) is 24.3 Å². The molecule has 0 aliphatic heterocycles. The van der Waals surface area contributed by atoms with Gasteiger partial charge in [-0.3, -0.25) is 24.3 Å². The Kier molecular flexibility index (Phi) is 10.6. The third kappa shape index (κ3) is 7.54. The lowest BCUT2D eigenvalue weighted by molar-refractivity contribution is -0.384. The topological polar surface area (TPSA) is 168 Å². The van der Waals surface area contributed by atoms with Crippen LogP contribution >= 0.6 is 23.1 Å². The van der Waals surface area contributed by atoms with Gasteiger partial charge in [0, 0.05) is 28.3 Å². The Labute approximate surface area is 272 Å². The predicted octanol–water partition coefficient (Wildman–Crippen LogP) is 5.35. The highest BCUT2D eigenvalue weighted by Gasteiger charge is 2.27. The van der Waals surface area contributed by atoms with Crippen LogP contribution in [-0.4, -0.2) is 56.4 Å². The quantitative estimate of drug-likeness (QED) is 0.0823. The fraction of sp³-hybridized carbons (Fsp3) is 0.323. The monoisotopic (exact) mass is 664 g/mol. The maximum Gasteiger partial charge on any atom is 0.341 e. The van der Waals surface area contributed by atoms with Crippen molar-refractivity contribution in [1.82, 2.24) is 20.1 Å². The molecule has 1 aliphatic carbocycles. The number of nitro benzene ring substituents is 1. The number of carbonyl (C=O) groups is 3. The number of aryl methyl sites for hydroxylation is 1. The molecule has 2 aromatic carbocycles. The summed E-state index contributed by atoms with van der Waals surface area (Å²) in [5.74, 6) is -0.130. The molecule has 46 heavy (non-hydrogen) atoms. The smallest absolute Gasteiger partial charge is 0.341 e. The molecule has 2 N–H and O–H groups in total. The number of carbonyl (C=O) groups excluding carboxylic acids is 3. The number of nitro groups is 1. The van der Waals surface area contributed by atoms with Gasteiger partial charge < -0.3 is 20.1 Å². The molecule has 2 heterocycles. The maximum atomic E-state index is 13.2. The first kappa shape index (κ1) is 32.6. The van der Waals surface area contributed by atoms with Gasteiger partial charge >= 0.3 is 5.97 Å². The number of hydrogen-bond acceptors (Lipinski definition) is 11. The minimum atomic E-state index is -0.534. The Morgan fingerprint density at radius 2 is 1.76 bits per heavy atom. The molecule has 2 amide bonds. The molecule has 2 aromatic heterocycles. The molecule has 15 heteroatoms. The van der Waals surface area contributed by atoms with E-state index in [0.29, 0.717) is 39.6 Å². The Hall–Kier alpha value is -4.76. The second kappa shape index (κ2) is 15.0. The molecule has 0 atom stereocenters. The number of anilines is 1. The van der Waals surface area contributed by atoms with Gasteiger partial charge in [-0.25, -0.2) is 4.79 Å². The van der Waals surface area contributed by atoms with Gasteiger partial charge in [0.15, 0.2) is 11.0 Å². The fourth-order valence-electron chi connectivity index (χ4n) is 4.99. The molecule has 0 spiro atoms. The van der Waals surface area contributed by atoms with Crippen molar-refractivity contribution in [3.8, 4) is 11.4 Å². The first-order chi connectivity index (χ1) is 22.3. The summed E-state index contributed by atoms with van der Waals surface area (Å²) in [7, 11) is 0. The molecule has 0 saturated heterocycles. The van der Waals surface area contributed by atoms with Crippen molar-refractivity contribution < 1.29 is 28.8 Å². The minimum absolute atomic E-state index is 0.00750. The predicted molar refractivity (Wildman–Crippen MR) is 173 cm³/mol. The van der Waals surface area contributed by atoms with E-state index in [0.717, 1.165) is 47.9 Å². The molecule has 0 saturated carbocycles. The van der Waals surface area contributed by atoms with Gasteiger partial charge in [-0.1, -0.05) is 11.8 Å². The van der Waals surface area contributed by atoms with Crippen LogP contribution in [0, 0.1) is 10.1 Å². The minimum Gasteiger partial charge on any atom is -0.494 e. The van der Waals surface area contributed by atoms with E-state index in [2.05, 4.69) is 20.8 Å². The van der Waals surface area contributed by atoms with Crippen molar-refractivity contribution in [3.05, 3.63) is 86.0 Å². The number of esters is 1. The summed E-state index contributed by atoms with van der Waals surface area (Å²) in [5.41, 5.74) is 2.23. The number of amides is 2. The van der Waals surface area contributed by atoms with Crippen molar-refractivity contribution in [1.29, 1.82) is 0 Å². The number of ether oxygens (including phenoxy) is 2. The molecule has 13 nitrogen and oxygen atoms in total. The highest BCUT2D eigenvalue weighted by atomic mass is 32.2. The molecule has 0 radical (unpaired) electrons. The van der Waals surface area contributed by atoms with Crippen LogP contribution in [-0.2, 0) is 28.9 Å². The third-order valence-corrected chi connectivity index (χ3v) is 9.23. The second-order valence-electron chi connectivity index (χ2n) is 10.1. The third-order valence-electron chi connectivity index (χ3n) is 7.09. The number of rotatable bonds is 13. The van der Waals surface area contributed by atoms with Crippen molar-refractivity contribution in [2.24, 2.45) is 0 Å². The van der Waals surface area contributed by atoms with Crippen molar-refractivity contribution in [3.63, 3.8) is 0 Å². The molecule has 5 rings (SSSR count). The second-order valence-corrected chi connectivity index (χ2v) is 12.2. The van der Waals surface area contributed by atoms with Gasteiger partial charge in [0.25, 0.3) is 11.6 Å². The highest BCUT2D eigenvalue weighted by molar-refractivity contribution is 7.99. The van der Waals surface area contributed by atoms with Crippen LogP contribution in [0.4, 0.5) is 10.7 Å². The number of thioether (sulfide) groups is 1. The number of benzene rings is 2. The molecular formula is C31H32N6O7S2. The standard InChI is InChI=1S/C31H32N6O7S2/c1-3-43-22-15-13-20(14-16-22)36-25(17-32-28(39)19-9-11-21(12-10-19)37(41)42)34-35-31(36)45-18-26(38)33-29-27(30(40)44-4-2)23-7-5-6-8-24(23)46-29/h9-16H,3-8,17-18H2,1-2H3,(H,32,39)(H,33,38). The molecule has 240 valence electrons. The van der Waals surface area contributed by atoms with Gasteiger partial charge in [-0.05, 0) is 81.5 Å². The summed E-state index contributed by atoms with van der Waals surface area (Å²) in [5, 5.41) is 26.1. The lowest BCUT2D eigenvalue weighted by Crippen LogP contribution is -2.24. The van der Waals surface area contributed by atoms with Crippen molar-refractivity contribution in [2.45, 2.75) is 51.2 Å². The Balaban J connectivity index is 1.33. The number of aromatic nitrogens is 3. The zero-order chi connectivity index (χ0) is 32.6. The summed E-state index contributed by atoms with van der Waals surface area (Å²) in [6.07, 6.45) is 3.67. The van der Waals surface area contributed by atoms with Crippen LogP contribution in [0.1, 0.15) is 63.7 Å². The van der Waals surface area contributed by atoms with Crippen LogP contribution in [0.15, 0.2) is 53.7 Å². The van der Waals surface area contributed by atoms with E-state index in [1.165, 1.54) is 35.6 Å². The summed E-state index contributed by atoms with van der Waals surface area (Å²) in [6.45, 7) is 4.38. The average molecular weight is 665 g/mol. The Morgan fingerprint density at radius 1 is 1.02 bits per heavy atom. The van der Waals surface area contributed by atoms with E-state index in [4.69, 9.17) is 9.47 Å². The van der Waals surface area contributed by atoms with Gasteiger partial charge in [0.2, 0.25) is 5.91 Å². The van der Waals surface area contributed by atoms with Crippen molar-refractivity contribution >= 4 is 51.6 Å². The number of non-ortho nitro benzene ring substituents is 1. The van der Waals surface area contributed by atoms with Crippen LogP contribution in [0.3, 0.4) is 0 Å². The van der Waals surface area contributed by atoms with E-state index in [9.17, 15) is 24.5 Å². The lowest BCUT2D eigenvalue weighted by Gasteiger charge is -2.13. The summed E-state index contributed by atoms with van der Waals surface area (Å²) in [6, 6.07) is 12.5. The summed E-state index contributed by atoms with van der Waals surface area (Å²) in [4.78, 5) is 50.3. The molecule has 0 bridgehead atoms. The molecule has 4 aromatic rings. The number of fused-ring (bicyclic) bond motifs is 1. The van der Waals surface area contributed by atoms with Gasteiger partial charge in [0.1, 0.15) is 10.8 Å². The van der Waals surface area contributed by atoms with Gasteiger partial charge in [0.05, 0.1) is 36.0 Å². The molecule has 0 unspecified atom stereocenters. The normalized spacial score (nSPS) is 12.2. The Bertz CT molecular complexity index is 1740. The van der Waals surface area contributed by atoms with E-state index >= 15 is 0 Å². The van der Waals surface area contributed by atoms with Crippen LogP contribution < -0.4 is 15.4 Å². The number of thiophene rings is 1. The zero-order valence-corrected chi connectivity index (χ0v) is 26.9. The van der Waals surface area contributed by atoms with E-state index in [1.807, 2.05) is 19.1 Å². The van der Waals surface area contributed by atoms with Gasteiger partial charge in [-0.2, -0.15) is 0 Å². The maximum absolute atomic E-state index is 13.2. The average Bonchev–Trinajstić information content (AvgIpc) is 3.64. The molecular weight excluding hydrogens is 633 g/mol. The SMILES string of the molecule is CCOC(=O)c1c(NC(=O)CSc2nnc(CNC(=O)c3ccc([N+](=O)[O-])cc3)n2-c2ccc(OCC)cc2)sc2c1CCCC2. The van der Waals surface area contributed by atoms with Crippen LogP contribution in [0.25, 0.3) is 5.69 Å². The van der Waals surface area contributed by atoms with E-state index in [1.54, 1.807) is 23.6 Å². The lowest BCUT2D eigenvalue weighted by atomic mass is 9.95. The summed E-state index contributed by atoms with van der Waals surface area (Å²) >= 11 is 2.58. The first-order valence-electron chi connectivity index (χ1n) is 14.7. The highest BCUT2D eigenvalue weighted by Crippen LogP contribution is 2.39. The first-order valence-corrected chi connectivity index (χ1v) is 16.5. The zero-order valence-electron chi connectivity index (χ0n) is 25.2. The fourth-order valence-corrected chi connectivity index (χ4v) is 7.05. The van der Waals surface area contributed by atoms with Crippen LogP contribution in [0.2, 0.25) is 0 Å². The van der Waals surface area contributed by atoms with E-state index in [-0.39, 0.29) is 36.1 Å². The number of nitrogens with one attached hydrogen (secondary N) is 2. The van der Waals surface area contributed by atoms with Gasteiger partial charge in [-0.15, -0.1) is 21.5 Å². The van der Waals surface area contributed by atoms with E-state index < -0.39 is 16.8 Å². The number of hydrogen-bond donors (Lipinski definition) is 2. The van der Waals surface area contributed by atoms with Crippen LogP contribution in [0.5, 0.6) is 5.75 Å².